The molecule has 0 bridgehead atoms. The van der Waals surface area contributed by atoms with Gasteiger partial charge in [0.2, 0.25) is 0 Å². The minimum Gasteiger partial charge on any atom is -0.346 e. The lowest BCUT2D eigenvalue weighted by molar-refractivity contribution is 0.0915. The van der Waals surface area contributed by atoms with Gasteiger partial charge >= 0.3 is 0 Å². The van der Waals surface area contributed by atoms with E-state index in [0.717, 1.165) is 0 Å². The van der Waals surface area contributed by atoms with Gasteiger partial charge in [-0.25, -0.2) is 19.2 Å². The molecule has 9 heteroatoms. The van der Waals surface area contributed by atoms with Gasteiger partial charge in [-0.15, -0.1) is 0 Å². The summed E-state index contributed by atoms with van der Waals surface area (Å²) in [4.78, 5) is 16.0. The molecule has 1 unspecified atom stereocenters. The Morgan fingerprint density at radius 1 is 1.50 bits per heavy atom. The molecule has 0 aromatic carbocycles. The molecule has 1 aromatic rings. The van der Waals surface area contributed by atoms with E-state index in [1.165, 1.54) is 12.1 Å². The van der Waals surface area contributed by atoms with Crippen LogP contribution < -0.4 is 16.6 Å². The number of aromatic nitrogens is 1. The number of nitrogens with one attached hydrogen (secondary N) is 2. The Morgan fingerprint density at radius 3 is 2.75 bits per heavy atom. The topological polar surface area (TPSA) is 114 Å². The minimum absolute atomic E-state index is 0.0629. The number of pyridine rings is 1. The molecular weight excluding hydrogens is 304 g/mol. The van der Waals surface area contributed by atoms with E-state index in [4.69, 9.17) is 17.4 Å². The maximum Gasteiger partial charge on any atom is 0.251 e. The molecule has 4 N–H and O–H groups in total. The summed E-state index contributed by atoms with van der Waals surface area (Å²) in [5, 5.41) is 2.85. The molecule has 7 nitrogen and oxygen atoms in total. The van der Waals surface area contributed by atoms with Crippen molar-refractivity contribution in [2.45, 2.75) is 18.9 Å². The maximum absolute atomic E-state index is 12.2. The number of nitrogen functional groups attached to an aromatic ring is 1. The number of hydrogen-bond donors (Lipinski definition) is 3. The summed E-state index contributed by atoms with van der Waals surface area (Å²) in [6.45, 7) is 1.71. The predicted octanol–water partition coefficient (Wildman–Crippen LogP) is 0.328. The van der Waals surface area contributed by atoms with E-state index in [1.54, 1.807) is 6.92 Å². The first-order chi connectivity index (χ1) is 9.23. The highest BCUT2D eigenvalue weighted by Gasteiger charge is 2.39. The van der Waals surface area contributed by atoms with Gasteiger partial charge in [0.15, 0.2) is 9.84 Å². The van der Waals surface area contributed by atoms with Crippen molar-refractivity contribution in [1.29, 1.82) is 0 Å². The lowest BCUT2D eigenvalue weighted by Gasteiger charge is -2.24. The fourth-order valence-corrected chi connectivity index (χ4v) is 4.46. The van der Waals surface area contributed by atoms with Crippen LogP contribution in [0.15, 0.2) is 12.1 Å². The number of rotatable bonds is 3. The molecule has 1 aromatic heterocycles. The summed E-state index contributed by atoms with van der Waals surface area (Å²) in [7, 11) is -3.09. The van der Waals surface area contributed by atoms with E-state index in [1.807, 2.05) is 0 Å². The Hall–Kier alpha value is -1.38. The van der Waals surface area contributed by atoms with Crippen molar-refractivity contribution in [2.75, 3.05) is 16.9 Å². The van der Waals surface area contributed by atoms with Crippen LogP contribution in [0.4, 0.5) is 5.82 Å². The molecule has 1 aliphatic heterocycles. The van der Waals surface area contributed by atoms with Gasteiger partial charge in [0.05, 0.1) is 17.0 Å². The van der Waals surface area contributed by atoms with Crippen LogP contribution in [0.5, 0.6) is 0 Å². The van der Waals surface area contributed by atoms with Crippen molar-refractivity contribution in [3.8, 4) is 0 Å². The van der Waals surface area contributed by atoms with Gasteiger partial charge < -0.3 is 10.7 Å². The fraction of sp³-hybridized carbons (Fsp3) is 0.455. The van der Waals surface area contributed by atoms with Crippen molar-refractivity contribution in [3.05, 3.63) is 22.8 Å². The van der Waals surface area contributed by atoms with Crippen LogP contribution in [0.25, 0.3) is 0 Å². The van der Waals surface area contributed by atoms with Gasteiger partial charge in [-0.1, -0.05) is 11.6 Å². The first-order valence-corrected chi connectivity index (χ1v) is 8.10. The molecule has 0 aliphatic carbocycles. The highest BCUT2D eigenvalue weighted by atomic mass is 35.5. The van der Waals surface area contributed by atoms with Crippen molar-refractivity contribution in [3.63, 3.8) is 0 Å². The van der Waals surface area contributed by atoms with Crippen LogP contribution in [0, 0.1) is 0 Å². The van der Waals surface area contributed by atoms with Crippen LogP contribution in [-0.4, -0.2) is 36.4 Å². The number of hydrazine groups is 1. The zero-order valence-electron chi connectivity index (χ0n) is 10.8. The number of amides is 1. The number of anilines is 1. The summed E-state index contributed by atoms with van der Waals surface area (Å²) >= 11 is 5.79. The van der Waals surface area contributed by atoms with Crippen LogP contribution in [-0.2, 0) is 9.84 Å². The molecular formula is C11H15ClN4O3S. The molecule has 1 saturated heterocycles. The predicted molar refractivity (Wildman–Crippen MR) is 76.2 cm³/mol. The third-order valence-corrected chi connectivity index (χ3v) is 5.22. The van der Waals surface area contributed by atoms with Crippen molar-refractivity contribution in [2.24, 2.45) is 5.84 Å². The monoisotopic (exact) mass is 318 g/mol. The van der Waals surface area contributed by atoms with Gasteiger partial charge in [0, 0.05) is 5.56 Å². The summed E-state index contributed by atoms with van der Waals surface area (Å²) < 4.78 is 23.0. The number of sulfone groups is 1. The van der Waals surface area contributed by atoms with Gasteiger partial charge in [-0.3, -0.25) is 4.79 Å². The van der Waals surface area contributed by atoms with Gasteiger partial charge in [0.25, 0.3) is 5.91 Å². The number of carbonyl (C=O) groups excluding carboxylic acids is 1. The van der Waals surface area contributed by atoms with E-state index in [2.05, 4.69) is 15.7 Å². The van der Waals surface area contributed by atoms with Crippen molar-refractivity contribution < 1.29 is 13.2 Å². The molecule has 110 valence electrons. The molecule has 1 fully saturated rings. The molecule has 1 amide bonds. The van der Waals surface area contributed by atoms with Crippen LogP contribution in [0.1, 0.15) is 23.7 Å². The Bertz CT molecular complexity index is 649. The number of hydrogen-bond acceptors (Lipinski definition) is 6. The second-order valence-electron chi connectivity index (χ2n) is 5.06. The van der Waals surface area contributed by atoms with Crippen molar-refractivity contribution in [1.82, 2.24) is 10.3 Å². The quantitative estimate of drug-likeness (QED) is 0.420. The highest BCUT2D eigenvalue weighted by molar-refractivity contribution is 7.91. The Kier molecular flexibility index (Phi) is 3.90. The lowest BCUT2D eigenvalue weighted by Crippen LogP contribution is -2.46. The standard InChI is InChI=1S/C11H15ClN4O3S/c1-11(2-3-20(18,19)6-11)15-10(17)7-4-8(12)14-9(5-7)16-13/h4-5H,2-3,6,13H2,1H3,(H,14,16)(H,15,17). The third-order valence-electron chi connectivity index (χ3n) is 3.12. The average Bonchev–Trinajstić information content (AvgIpc) is 2.62. The van der Waals surface area contributed by atoms with Gasteiger partial charge in [-0.05, 0) is 25.5 Å². The Morgan fingerprint density at radius 2 is 2.20 bits per heavy atom. The molecule has 1 aliphatic rings. The fourth-order valence-electron chi connectivity index (χ4n) is 2.16. The van der Waals surface area contributed by atoms with Crippen LogP contribution in [0.3, 0.4) is 0 Å². The van der Waals surface area contributed by atoms with E-state index in [0.29, 0.717) is 6.42 Å². The first-order valence-electron chi connectivity index (χ1n) is 5.90. The van der Waals surface area contributed by atoms with Gasteiger partial charge in [-0.2, -0.15) is 0 Å². The number of carbonyl (C=O) groups is 1. The molecule has 2 heterocycles. The lowest BCUT2D eigenvalue weighted by atomic mass is 10.0. The normalized spacial score (nSPS) is 24.4. The smallest absolute Gasteiger partial charge is 0.251 e. The largest absolute Gasteiger partial charge is 0.346 e. The molecule has 20 heavy (non-hydrogen) atoms. The number of nitrogens with zero attached hydrogens (tertiary/aromatic N) is 1. The Labute approximate surface area is 121 Å². The SMILES string of the molecule is CC1(NC(=O)c2cc(Cl)nc(NN)c2)CCS(=O)(=O)C1. The maximum atomic E-state index is 12.2. The molecule has 0 spiro atoms. The number of halogens is 1. The average molecular weight is 319 g/mol. The van der Waals surface area contributed by atoms with E-state index in [9.17, 15) is 13.2 Å². The molecule has 1 atom stereocenters. The highest BCUT2D eigenvalue weighted by Crippen LogP contribution is 2.24. The van der Waals surface area contributed by atoms with Crippen molar-refractivity contribution >= 4 is 33.2 Å². The first kappa shape index (κ1) is 15.0. The summed E-state index contributed by atoms with van der Waals surface area (Å²) in [6, 6.07) is 2.83. The summed E-state index contributed by atoms with van der Waals surface area (Å²) in [5.41, 5.74) is 1.81. The zero-order chi connectivity index (χ0) is 15.0. The minimum atomic E-state index is -3.09. The summed E-state index contributed by atoms with van der Waals surface area (Å²) in [5.74, 6) is 5.09. The summed E-state index contributed by atoms with van der Waals surface area (Å²) in [6.07, 6.45) is 0.391. The third kappa shape index (κ3) is 3.38. The van der Waals surface area contributed by atoms with E-state index < -0.39 is 21.3 Å². The van der Waals surface area contributed by atoms with E-state index >= 15 is 0 Å². The van der Waals surface area contributed by atoms with Crippen LogP contribution >= 0.6 is 11.6 Å². The van der Waals surface area contributed by atoms with Crippen LogP contribution in [0.2, 0.25) is 5.15 Å². The zero-order valence-corrected chi connectivity index (χ0v) is 12.4. The molecule has 0 saturated carbocycles. The van der Waals surface area contributed by atoms with Gasteiger partial charge in [0.1, 0.15) is 11.0 Å². The second-order valence-corrected chi connectivity index (χ2v) is 7.64. The molecule has 0 radical (unpaired) electrons. The number of nitrogens with two attached hydrogens (primary N) is 1. The second kappa shape index (κ2) is 5.19. The van der Waals surface area contributed by atoms with E-state index in [-0.39, 0.29) is 28.0 Å². The molecule has 2 rings (SSSR count). The Balaban J connectivity index is 2.19.